The first-order chi connectivity index (χ1) is 8.86. The molecule has 1 amide bonds. The van der Waals surface area contributed by atoms with Crippen molar-refractivity contribution in [3.63, 3.8) is 0 Å². The summed E-state index contributed by atoms with van der Waals surface area (Å²) >= 11 is 0. The minimum absolute atomic E-state index is 0.00861. The quantitative estimate of drug-likeness (QED) is 0.815. The van der Waals surface area contributed by atoms with E-state index in [9.17, 15) is 4.79 Å². The van der Waals surface area contributed by atoms with E-state index in [1.165, 1.54) is 0 Å². The summed E-state index contributed by atoms with van der Waals surface area (Å²) in [5.74, 6) is -0.00861. The van der Waals surface area contributed by atoms with E-state index in [2.05, 4.69) is 10.2 Å². The molecule has 0 aliphatic carbocycles. The lowest BCUT2D eigenvalue weighted by Crippen LogP contribution is -2.45. The van der Waals surface area contributed by atoms with Crippen LogP contribution in [0.25, 0.3) is 0 Å². The fourth-order valence-corrected chi connectivity index (χ4v) is 1.73. The molecule has 0 aliphatic heterocycles. The van der Waals surface area contributed by atoms with Crippen LogP contribution < -0.4 is 11.1 Å². The molecule has 0 aromatic heterocycles. The molecule has 19 heavy (non-hydrogen) atoms. The van der Waals surface area contributed by atoms with Gasteiger partial charge in [-0.3, -0.25) is 4.79 Å². The summed E-state index contributed by atoms with van der Waals surface area (Å²) in [4.78, 5) is 14.3. The van der Waals surface area contributed by atoms with Gasteiger partial charge in [-0.2, -0.15) is 0 Å². The van der Waals surface area contributed by atoms with Crippen LogP contribution in [0.1, 0.15) is 25.5 Å². The van der Waals surface area contributed by atoms with Crippen LogP contribution in [0.2, 0.25) is 0 Å². The third-order valence-corrected chi connectivity index (χ3v) is 3.18. The Balaban J connectivity index is 2.85. The molecule has 1 atom stereocenters. The van der Waals surface area contributed by atoms with Gasteiger partial charge in [-0.15, -0.1) is 0 Å². The van der Waals surface area contributed by atoms with Crippen LogP contribution in [0.4, 0.5) is 0 Å². The van der Waals surface area contributed by atoms with E-state index >= 15 is 0 Å². The number of carbonyl (C=O) groups is 1. The first-order valence-corrected chi connectivity index (χ1v) is 6.57. The Labute approximate surface area is 116 Å². The Morgan fingerprint density at radius 3 is 2.37 bits per heavy atom. The molecule has 3 N–H and O–H groups in total. The third kappa shape index (κ3) is 4.65. The molecule has 1 unspecified atom stereocenters. The zero-order valence-corrected chi connectivity index (χ0v) is 12.3. The average molecular weight is 263 g/mol. The molecule has 0 heterocycles. The van der Waals surface area contributed by atoms with Crippen molar-refractivity contribution in [3.8, 4) is 0 Å². The fourth-order valence-electron chi connectivity index (χ4n) is 1.73. The van der Waals surface area contributed by atoms with Crippen LogP contribution >= 0.6 is 0 Å². The second-order valence-corrected chi connectivity index (χ2v) is 5.79. The molecule has 1 aromatic carbocycles. The summed E-state index contributed by atoms with van der Waals surface area (Å²) in [6.07, 6.45) is 0. The SMILES string of the molecule is CN(C)CC(NC(=O)C(C)(C)CN)c1ccccc1. The smallest absolute Gasteiger partial charge is 0.227 e. The van der Waals surface area contributed by atoms with Crippen LogP contribution in [0.5, 0.6) is 0 Å². The average Bonchev–Trinajstić information content (AvgIpc) is 2.38. The van der Waals surface area contributed by atoms with Gasteiger partial charge >= 0.3 is 0 Å². The van der Waals surface area contributed by atoms with E-state index in [4.69, 9.17) is 5.73 Å². The maximum atomic E-state index is 12.3. The van der Waals surface area contributed by atoms with Crippen molar-refractivity contribution >= 4 is 5.91 Å². The van der Waals surface area contributed by atoms with Crippen LogP contribution in [-0.4, -0.2) is 38.0 Å². The highest BCUT2D eigenvalue weighted by molar-refractivity contribution is 5.82. The Hall–Kier alpha value is -1.39. The predicted octanol–water partition coefficient (Wildman–Crippen LogP) is 1.39. The second kappa shape index (κ2) is 6.68. The molecule has 4 nitrogen and oxygen atoms in total. The molecule has 1 aromatic rings. The van der Waals surface area contributed by atoms with Gasteiger partial charge in [-0.25, -0.2) is 0 Å². The molecule has 0 bridgehead atoms. The summed E-state index contributed by atoms with van der Waals surface area (Å²) in [6, 6.07) is 9.99. The van der Waals surface area contributed by atoms with Gasteiger partial charge in [0, 0.05) is 13.1 Å². The van der Waals surface area contributed by atoms with Gasteiger partial charge in [-0.1, -0.05) is 30.3 Å². The van der Waals surface area contributed by atoms with Gasteiger partial charge in [-0.05, 0) is 33.5 Å². The van der Waals surface area contributed by atoms with E-state index in [1.54, 1.807) is 0 Å². The van der Waals surface area contributed by atoms with Crippen molar-refractivity contribution in [2.45, 2.75) is 19.9 Å². The van der Waals surface area contributed by atoms with E-state index < -0.39 is 5.41 Å². The van der Waals surface area contributed by atoms with Gasteiger partial charge in [0.05, 0.1) is 11.5 Å². The zero-order valence-electron chi connectivity index (χ0n) is 12.3. The van der Waals surface area contributed by atoms with Gasteiger partial charge < -0.3 is 16.0 Å². The fraction of sp³-hybridized carbons (Fsp3) is 0.533. The van der Waals surface area contributed by atoms with Crippen molar-refractivity contribution in [2.24, 2.45) is 11.1 Å². The number of carbonyl (C=O) groups excluding carboxylic acids is 1. The third-order valence-electron chi connectivity index (χ3n) is 3.18. The minimum Gasteiger partial charge on any atom is -0.347 e. The molecule has 4 heteroatoms. The molecule has 0 spiro atoms. The summed E-state index contributed by atoms with van der Waals surface area (Å²) in [5, 5.41) is 3.10. The molecular weight excluding hydrogens is 238 g/mol. The molecule has 106 valence electrons. The Morgan fingerprint density at radius 2 is 1.89 bits per heavy atom. The molecule has 0 saturated heterocycles. The molecule has 1 rings (SSSR count). The van der Waals surface area contributed by atoms with Crippen molar-refractivity contribution in [1.82, 2.24) is 10.2 Å². The van der Waals surface area contributed by atoms with Crippen molar-refractivity contribution < 1.29 is 4.79 Å². The molecule has 0 radical (unpaired) electrons. The standard InChI is InChI=1S/C15H25N3O/c1-15(2,11-16)14(19)17-13(10-18(3)4)12-8-6-5-7-9-12/h5-9,13H,10-11,16H2,1-4H3,(H,17,19). The first-order valence-electron chi connectivity index (χ1n) is 6.57. The van der Waals surface area contributed by atoms with E-state index in [1.807, 2.05) is 58.3 Å². The number of likely N-dealkylation sites (N-methyl/N-ethyl adjacent to an activating group) is 1. The highest BCUT2D eigenvalue weighted by atomic mass is 16.2. The Kier molecular flexibility index (Phi) is 5.51. The Bertz CT molecular complexity index is 401. The lowest BCUT2D eigenvalue weighted by molar-refractivity contribution is -0.129. The Morgan fingerprint density at radius 1 is 1.32 bits per heavy atom. The van der Waals surface area contributed by atoms with Gasteiger partial charge in [0.25, 0.3) is 0 Å². The normalized spacial score (nSPS) is 13.4. The highest BCUT2D eigenvalue weighted by Gasteiger charge is 2.28. The second-order valence-electron chi connectivity index (χ2n) is 5.79. The molecule has 0 fully saturated rings. The van der Waals surface area contributed by atoms with Gasteiger partial charge in [0.15, 0.2) is 0 Å². The van der Waals surface area contributed by atoms with Crippen LogP contribution in [0.15, 0.2) is 30.3 Å². The lowest BCUT2D eigenvalue weighted by atomic mass is 9.91. The number of nitrogens with zero attached hydrogens (tertiary/aromatic N) is 1. The molecule has 0 aliphatic rings. The number of nitrogens with two attached hydrogens (primary N) is 1. The van der Waals surface area contributed by atoms with E-state index in [0.717, 1.165) is 12.1 Å². The first kappa shape index (κ1) is 15.7. The van der Waals surface area contributed by atoms with Crippen molar-refractivity contribution in [3.05, 3.63) is 35.9 Å². The number of hydrogen-bond acceptors (Lipinski definition) is 3. The van der Waals surface area contributed by atoms with E-state index in [0.29, 0.717) is 6.54 Å². The van der Waals surface area contributed by atoms with Gasteiger partial charge in [0.1, 0.15) is 0 Å². The minimum atomic E-state index is -0.542. The number of amides is 1. The lowest BCUT2D eigenvalue weighted by Gasteiger charge is -2.28. The monoisotopic (exact) mass is 263 g/mol. The number of benzene rings is 1. The van der Waals surface area contributed by atoms with E-state index in [-0.39, 0.29) is 11.9 Å². The number of nitrogens with one attached hydrogen (secondary N) is 1. The number of rotatable bonds is 6. The van der Waals surface area contributed by atoms with Crippen molar-refractivity contribution in [1.29, 1.82) is 0 Å². The predicted molar refractivity (Wildman–Crippen MR) is 78.7 cm³/mol. The summed E-state index contributed by atoms with van der Waals surface area (Å²) in [7, 11) is 3.99. The van der Waals surface area contributed by atoms with Crippen LogP contribution in [0.3, 0.4) is 0 Å². The number of hydrogen-bond donors (Lipinski definition) is 2. The highest BCUT2D eigenvalue weighted by Crippen LogP contribution is 2.18. The summed E-state index contributed by atoms with van der Waals surface area (Å²) < 4.78 is 0. The molecular formula is C15H25N3O. The van der Waals surface area contributed by atoms with Crippen molar-refractivity contribution in [2.75, 3.05) is 27.2 Å². The zero-order chi connectivity index (χ0) is 14.5. The summed E-state index contributed by atoms with van der Waals surface area (Å²) in [6.45, 7) is 4.82. The largest absolute Gasteiger partial charge is 0.347 e. The topological polar surface area (TPSA) is 58.4 Å². The maximum Gasteiger partial charge on any atom is 0.227 e. The van der Waals surface area contributed by atoms with Crippen LogP contribution in [-0.2, 0) is 4.79 Å². The van der Waals surface area contributed by atoms with Crippen LogP contribution in [0, 0.1) is 5.41 Å². The summed E-state index contributed by atoms with van der Waals surface area (Å²) in [5.41, 5.74) is 6.22. The maximum absolute atomic E-state index is 12.3. The van der Waals surface area contributed by atoms with Gasteiger partial charge in [0.2, 0.25) is 5.91 Å². The molecule has 0 saturated carbocycles.